The third-order valence-electron chi connectivity index (χ3n) is 2.00. The second-order valence-electron chi connectivity index (χ2n) is 2.88. The van der Waals surface area contributed by atoms with Gasteiger partial charge in [0.15, 0.2) is 5.82 Å². The topological polar surface area (TPSA) is 30.7 Å². The quantitative estimate of drug-likeness (QED) is 0.822. The van der Waals surface area contributed by atoms with Gasteiger partial charge in [-0.05, 0) is 28.1 Å². The number of nitrogens with zero attached hydrogens (tertiary/aromatic N) is 3. The van der Waals surface area contributed by atoms with Gasteiger partial charge in [0.25, 0.3) is 0 Å². The summed E-state index contributed by atoms with van der Waals surface area (Å²) in [6, 6.07) is 3.87. The number of aryl methyl sites for hydroxylation is 1. The summed E-state index contributed by atoms with van der Waals surface area (Å²) < 4.78 is 2.97. The molecule has 4 heteroatoms. The molecule has 0 aliphatic rings. The Morgan fingerprint density at radius 3 is 2.93 bits per heavy atom. The molecule has 0 aromatic carbocycles. The van der Waals surface area contributed by atoms with E-state index in [4.69, 9.17) is 0 Å². The molecule has 2 aromatic heterocycles. The fourth-order valence-electron chi connectivity index (χ4n) is 1.34. The maximum absolute atomic E-state index is 4.31. The summed E-state index contributed by atoms with van der Waals surface area (Å²) in [7, 11) is 0. The molecular weight excluding hydrogens is 242 g/mol. The summed E-state index contributed by atoms with van der Waals surface area (Å²) in [5.74, 6) is 1.91. The van der Waals surface area contributed by atoms with Crippen LogP contribution in [0.25, 0.3) is 5.82 Å². The summed E-state index contributed by atoms with van der Waals surface area (Å²) >= 11 is 3.47. The Balaban J connectivity index is 2.54. The highest BCUT2D eigenvalue weighted by Gasteiger charge is 2.06. The van der Waals surface area contributed by atoms with Crippen molar-refractivity contribution in [2.45, 2.75) is 13.3 Å². The molecule has 0 spiro atoms. The molecule has 0 aliphatic heterocycles. The molecule has 2 heterocycles. The number of halogens is 1. The van der Waals surface area contributed by atoms with E-state index >= 15 is 0 Å². The Morgan fingerprint density at radius 2 is 2.21 bits per heavy atom. The van der Waals surface area contributed by atoms with Crippen molar-refractivity contribution in [3.63, 3.8) is 0 Å². The van der Waals surface area contributed by atoms with Crippen molar-refractivity contribution in [1.29, 1.82) is 0 Å². The van der Waals surface area contributed by atoms with E-state index in [1.807, 2.05) is 22.9 Å². The summed E-state index contributed by atoms with van der Waals surface area (Å²) in [5.41, 5.74) is 0. The van der Waals surface area contributed by atoms with Gasteiger partial charge in [-0.1, -0.05) is 6.92 Å². The molecule has 0 radical (unpaired) electrons. The monoisotopic (exact) mass is 251 g/mol. The molecule has 0 N–H and O–H groups in total. The number of rotatable bonds is 2. The minimum absolute atomic E-state index is 0.891. The van der Waals surface area contributed by atoms with E-state index in [0.717, 1.165) is 22.5 Å². The van der Waals surface area contributed by atoms with E-state index in [-0.39, 0.29) is 0 Å². The average Bonchev–Trinajstić information content (AvgIpc) is 2.66. The predicted molar refractivity (Wildman–Crippen MR) is 58.4 cm³/mol. The van der Waals surface area contributed by atoms with Crippen LogP contribution in [0.1, 0.15) is 12.7 Å². The average molecular weight is 252 g/mol. The minimum atomic E-state index is 0.891. The summed E-state index contributed by atoms with van der Waals surface area (Å²) in [4.78, 5) is 8.56. The predicted octanol–water partition coefficient (Wildman–Crippen LogP) is 2.59. The fraction of sp³-hybridized carbons (Fsp3) is 0.200. The molecule has 0 atom stereocenters. The van der Waals surface area contributed by atoms with Crippen LogP contribution in [0.3, 0.4) is 0 Å². The molecule has 72 valence electrons. The molecule has 0 saturated carbocycles. The molecule has 3 nitrogen and oxygen atoms in total. The molecular formula is C10H10BrN3. The van der Waals surface area contributed by atoms with Crippen molar-refractivity contribution in [1.82, 2.24) is 14.5 Å². The van der Waals surface area contributed by atoms with E-state index < -0.39 is 0 Å². The maximum atomic E-state index is 4.31. The Hall–Kier alpha value is -1.16. The number of aromatic nitrogens is 3. The highest BCUT2D eigenvalue weighted by atomic mass is 79.9. The standard InChI is InChI=1S/C10H10BrN3/c1-2-9-12-6-7-14(9)10-8(11)4-3-5-13-10/h3-7H,2H2,1H3. The van der Waals surface area contributed by atoms with Crippen molar-refractivity contribution >= 4 is 15.9 Å². The Labute approximate surface area is 90.9 Å². The molecule has 2 rings (SSSR count). The fourth-order valence-corrected chi connectivity index (χ4v) is 1.79. The maximum Gasteiger partial charge on any atom is 0.152 e. The Morgan fingerprint density at radius 1 is 1.36 bits per heavy atom. The highest BCUT2D eigenvalue weighted by Crippen LogP contribution is 2.18. The van der Waals surface area contributed by atoms with Crippen LogP contribution in [-0.2, 0) is 6.42 Å². The molecule has 0 bridgehead atoms. The molecule has 0 fully saturated rings. The SMILES string of the molecule is CCc1nccn1-c1ncccc1Br. The zero-order chi connectivity index (χ0) is 9.97. The zero-order valence-corrected chi connectivity index (χ0v) is 9.40. The second kappa shape index (κ2) is 3.92. The van der Waals surface area contributed by atoms with Crippen LogP contribution >= 0.6 is 15.9 Å². The van der Waals surface area contributed by atoms with Crippen LogP contribution in [0.5, 0.6) is 0 Å². The van der Waals surface area contributed by atoms with Crippen LogP contribution in [0, 0.1) is 0 Å². The number of hydrogen-bond donors (Lipinski definition) is 0. The van der Waals surface area contributed by atoms with Crippen molar-refractivity contribution in [3.05, 3.63) is 41.0 Å². The van der Waals surface area contributed by atoms with Gasteiger partial charge < -0.3 is 0 Å². The van der Waals surface area contributed by atoms with Crippen LogP contribution in [0.15, 0.2) is 35.2 Å². The lowest BCUT2D eigenvalue weighted by Gasteiger charge is -2.06. The van der Waals surface area contributed by atoms with Crippen LogP contribution in [-0.4, -0.2) is 14.5 Å². The van der Waals surface area contributed by atoms with Gasteiger partial charge >= 0.3 is 0 Å². The lowest BCUT2D eigenvalue weighted by atomic mass is 10.4. The normalized spacial score (nSPS) is 10.4. The van der Waals surface area contributed by atoms with Gasteiger partial charge in [-0.15, -0.1) is 0 Å². The minimum Gasteiger partial charge on any atom is -0.287 e. The molecule has 2 aromatic rings. The number of hydrogen-bond acceptors (Lipinski definition) is 2. The summed E-state index contributed by atoms with van der Waals surface area (Å²) in [6.07, 6.45) is 6.39. The third-order valence-corrected chi connectivity index (χ3v) is 2.62. The van der Waals surface area contributed by atoms with Gasteiger partial charge in [0.2, 0.25) is 0 Å². The van der Waals surface area contributed by atoms with Gasteiger partial charge in [-0.2, -0.15) is 0 Å². The third kappa shape index (κ3) is 1.57. The molecule has 14 heavy (non-hydrogen) atoms. The van der Waals surface area contributed by atoms with Crippen molar-refractivity contribution < 1.29 is 0 Å². The second-order valence-corrected chi connectivity index (χ2v) is 3.73. The molecule has 0 unspecified atom stereocenters. The zero-order valence-electron chi connectivity index (χ0n) is 7.81. The van der Waals surface area contributed by atoms with Crippen molar-refractivity contribution in [2.75, 3.05) is 0 Å². The first-order valence-electron chi connectivity index (χ1n) is 4.46. The number of pyridine rings is 1. The van der Waals surface area contributed by atoms with E-state index in [1.165, 1.54) is 0 Å². The summed E-state index contributed by atoms with van der Waals surface area (Å²) in [6.45, 7) is 2.08. The molecule has 0 aliphatic carbocycles. The lowest BCUT2D eigenvalue weighted by molar-refractivity contribution is 0.863. The molecule has 0 saturated heterocycles. The van der Waals surface area contributed by atoms with Crippen LogP contribution < -0.4 is 0 Å². The van der Waals surface area contributed by atoms with Gasteiger partial charge in [0.05, 0.1) is 4.47 Å². The van der Waals surface area contributed by atoms with E-state index in [0.29, 0.717) is 0 Å². The van der Waals surface area contributed by atoms with Gasteiger partial charge in [-0.25, -0.2) is 9.97 Å². The van der Waals surface area contributed by atoms with Gasteiger partial charge in [0, 0.05) is 25.0 Å². The van der Waals surface area contributed by atoms with Crippen LogP contribution in [0.2, 0.25) is 0 Å². The Kier molecular flexibility index (Phi) is 2.63. The Bertz CT molecular complexity index is 436. The first-order chi connectivity index (χ1) is 6.83. The van der Waals surface area contributed by atoms with E-state index in [1.54, 1.807) is 12.4 Å². The van der Waals surface area contributed by atoms with Crippen LogP contribution in [0.4, 0.5) is 0 Å². The van der Waals surface area contributed by atoms with E-state index in [9.17, 15) is 0 Å². The number of imidazole rings is 1. The van der Waals surface area contributed by atoms with Gasteiger partial charge in [0.1, 0.15) is 5.82 Å². The smallest absolute Gasteiger partial charge is 0.152 e. The lowest BCUT2D eigenvalue weighted by Crippen LogP contribution is -2.01. The molecule has 0 amide bonds. The van der Waals surface area contributed by atoms with Gasteiger partial charge in [-0.3, -0.25) is 4.57 Å². The largest absolute Gasteiger partial charge is 0.287 e. The van der Waals surface area contributed by atoms with Crippen molar-refractivity contribution in [2.24, 2.45) is 0 Å². The first-order valence-corrected chi connectivity index (χ1v) is 5.25. The summed E-state index contributed by atoms with van der Waals surface area (Å²) in [5, 5.41) is 0. The highest BCUT2D eigenvalue weighted by molar-refractivity contribution is 9.10. The first kappa shape index (κ1) is 9.40. The van der Waals surface area contributed by atoms with E-state index in [2.05, 4.69) is 32.8 Å². The van der Waals surface area contributed by atoms with Crippen molar-refractivity contribution in [3.8, 4) is 5.82 Å².